The molecule has 3 aliphatic rings. The molecule has 0 bridgehead atoms. The molecule has 1 aromatic carbocycles. The third kappa shape index (κ3) is 6.33. The normalized spacial score (nSPS) is 18.8. The van der Waals surface area contributed by atoms with Crippen molar-refractivity contribution in [3.8, 4) is 0 Å². The SMILES string of the molecule is CC(C)(CO)NC(=O)Cc1cccc(N2C=C(Nc3ccc(C(=O)N4CCOCC4)cn3)C3=NC=C[NH+]3C2)c1. The van der Waals surface area contributed by atoms with Gasteiger partial charge in [-0.2, -0.15) is 4.99 Å². The number of morpholine rings is 1. The summed E-state index contributed by atoms with van der Waals surface area (Å²) in [5, 5.41) is 15.7. The predicted octanol–water partition coefficient (Wildman–Crippen LogP) is 0.483. The number of rotatable bonds is 8. The van der Waals surface area contributed by atoms with E-state index < -0.39 is 5.54 Å². The van der Waals surface area contributed by atoms with Crippen LogP contribution in [-0.4, -0.2) is 77.8 Å². The highest BCUT2D eigenvalue weighted by Crippen LogP contribution is 2.21. The minimum Gasteiger partial charge on any atom is -0.394 e. The van der Waals surface area contributed by atoms with Gasteiger partial charge in [0, 0.05) is 31.2 Å². The number of fused-ring (bicyclic) bond motifs is 1. The van der Waals surface area contributed by atoms with E-state index in [4.69, 9.17) is 4.74 Å². The van der Waals surface area contributed by atoms with Crippen LogP contribution in [-0.2, 0) is 16.0 Å². The number of aliphatic hydroxyl groups is 1. The lowest BCUT2D eigenvalue weighted by Gasteiger charge is -2.30. The van der Waals surface area contributed by atoms with E-state index in [1.807, 2.05) is 36.7 Å². The molecule has 4 heterocycles. The number of benzene rings is 1. The van der Waals surface area contributed by atoms with E-state index in [-0.39, 0.29) is 24.8 Å². The number of aromatic nitrogens is 1. The number of amidine groups is 1. The van der Waals surface area contributed by atoms with E-state index in [9.17, 15) is 14.7 Å². The number of quaternary nitrogens is 1. The minimum atomic E-state index is -0.673. The Kier molecular flexibility index (Phi) is 7.73. The first-order valence-electron chi connectivity index (χ1n) is 13.0. The molecule has 1 unspecified atom stereocenters. The van der Waals surface area contributed by atoms with Gasteiger partial charge in [0.2, 0.25) is 5.91 Å². The number of amides is 2. The molecule has 204 valence electrons. The van der Waals surface area contributed by atoms with Gasteiger partial charge in [-0.1, -0.05) is 12.1 Å². The number of pyridine rings is 1. The summed E-state index contributed by atoms with van der Waals surface area (Å²) in [6.45, 7) is 6.33. The van der Waals surface area contributed by atoms with E-state index in [2.05, 4.69) is 25.5 Å². The monoisotopic (exact) mass is 532 g/mol. The molecule has 1 saturated heterocycles. The van der Waals surface area contributed by atoms with Crippen molar-refractivity contribution >= 4 is 29.2 Å². The van der Waals surface area contributed by atoms with Crippen LogP contribution in [0.3, 0.4) is 0 Å². The Morgan fingerprint density at radius 2 is 2.00 bits per heavy atom. The van der Waals surface area contributed by atoms with Crippen molar-refractivity contribution < 1.29 is 24.3 Å². The summed E-state index contributed by atoms with van der Waals surface area (Å²) in [6, 6.07) is 11.4. The largest absolute Gasteiger partial charge is 0.394 e. The maximum absolute atomic E-state index is 12.8. The zero-order valence-corrected chi connectivity index (χ0v) is 22.2. The van der Waals surface area contributed by atoms with Gasteiger partial charge >= 0.3 is 0 Å². The lowest BCUT2D eigenvalue weighted by atomic mass is 10.1. The molecular weight excluding hydrogens is 498 g/mol. The van der Waals surface area contributed by atoms with Crippen LogP contribution in [0.15, 0.2) is 71.9 Å². The van der Waals surface area contributed by atoms with E-state index in [1.165, 1.54) is 0 Å². The molecule has 4 N–H and O–H groups in total. The minimum absolute atomic E-state index is 0.0473. The third-order valence-electron chi connectivity index (χ3n) is 6.72. The Morgan fingerprint density at radius 1 is 1.18 bits per heavy atom. The molecule has 11 heteroatoms. The summed E-state index contributed by atoms with van der Waals surface area (Å²) in [5.74, 6) is 1.26. The predicted molar refractivity (Wildman–Crippen MR) is 147 cm³/mol. The van der Waals surface area contributed by atoms with Gasteiger partial charge in [-0.3, -0.25) is 14.5 Å². The van der Waals surface area contributed by atoms with Crippen molar-refractivity contribution in [3.63, 3.8) is 0 Å². The number of carbonyl (C=O) groups is 2. The lowest BCUT2D eigenvalue weighted by molar-refractivity contribution is -0.743. The van der Waals surface area contributed by atoms with E-state index in [1.54, 1.807) is 43.3 Å². The van der Waals surface area contributed by atoms with Crippen molar-refractivity contribution in [2.75, 3.05) is 49.8 Å². The van der Waals surface area contributed by atoms with Crippen molar-refractivity contribution in [3.05, 3.63) is 78.0 Å². The summed E-state index contributed by atoms with van der Waals surface area (Å²) in [4.78, 5) is 39.2. The molecule has 1 fully saturated rings. The number of hydrogen-bond donors (Lipinski definition) is 4. The molecule has 0 radical (unpaired) electrons. The average molecular weight is 533 g/mol. The number of aliphatic hydroxyl groups excluding tert-OH is 1. The quantitative estimate of drug-likeness (QED) is 0.390. The smallest absolute Gasteiger partial charge is 0.257 e. The van der Waals surface area contributed by atoms with Crippen LogP contribution < -0.4 is 20.4 Å². The molecule has 2 amide bonds. The van der Waals surface area contributed by atoms with Crippen LogP contribution in [0.5, 0.6) is 0 Å². The second-order valence-corrected chi connectivity index (χ2v) is 10.4. The molecule has 11 nitrogen and oxygen atoms in total. The van der Waals surface area contributed by atoms with Gasteiger partial charge in [0.05, 0.1) is 43.5 Å². The number of carbonyl (C=O) groups excluding carboxylic acids is 2. The van der Waals surface area contributed by atoms with E-state index in [0.717, 1.165) is 27.7 Å². The zero-order valence-electron chi connectivity index (χ0n) is 22.2. The molecule has 1 atom stereocenters. The van der Waals surface area contributed by atoms with Gasteiger partial charge in [-0.15, -0.1) is 0 Å². The molecule has 0 spiro atoms. The van der Waals surface area contributed by atoms with E-state index in [0.29, 0.717) is 44.4 Å². The van der Waals surface area contributed by atoms with Gasteiger partial charge in [-0.05, 0) is 43.7 Å². The van der Waals surface area contributed by atoms with Gasteiger partial charge in [-0.25, -0.2) is 9.88 Å². The number of aliphatic imine (C=N–C) groups is 1. The fraction of sp³-hybridized carbons (Fsp3) is 0.357. The number of ether oxygens (including phenoxy) is 1. The van der Waals surface area contributed by atoms with E-state index >= 15 is 0 Å². The standard InChI is InChI=1S/C28H33N7O4/c1-28(2,18-36)32-25(37)15-20-4-3-5-22(14-20)35-17-23(26-29-8-9-34(26)19-35)31-24-7-6-21(16-30-24)27(38)33-10-12-39-13-11-33/h3-9,14,16-17,36H,10-13,15,18-19H2,1-2H3,(H,30,31)(H,32,37)/p+1. The average Bonchev–Trinajstić information content (AvgIpc) is 3.43. The highest BCUT2D eigenvalue weighted by Gasteiger charge is 2.31. The molecule has 39 heavy (non-hydrogen) atoms. The Labute approximate surface area is 227 Å². The lowest BCUT2D eigenvalue weighted by Crippen LogP contribution is -3.12. The molecule has 1 aromatic heterocycles. The molecule has 3 aliphatic heterocycles. The fourth-order valence-electron chi connectivity index (χ4n) is 4.61. The topological polar surface area (TPSA) is 124 Å². The molecule has 0 saturated carbocycles. The molecule has 2 aromatic rings. The third-order valence-corrected chi connectivity index (χ3v) is 6.72. The van der Waals surface area contributed by atoms with Gasteiger partial charge < -0.3 is 25.4 Å². The summed E-state index contributed by atoms with van der Waals surface area (Å²) < 4.78 is 5.34. The van der Waals surface area contributed by atoms with Gasteiger partial charge in [0.15, 0.2) is 6.67 Å². The highest BCUT2D eigenvalue weighted by molar-refractivity contribution is 5.97. The summed E-state index contributed by atoms with van der Waals surface area (Å²) in [7, 11) is 0. The van der Waals surface area contributed by atoms with Crippen LogP contribution in [0.25, 0.3) is 0 Å². The van der Waals surface area contributed by atoms with Crippen molar-refractivity contribution in [1.82, 2.24) is 15.2 Å². The highest BCUT2D eigenvalue weighted by atomic mass is 16.5. The summed E-state index contributed by atoms with van der Waals surface area (Å²) >= 11 is 0. The second kappa shape index (κ2) is 11.4. The molecule has 5 rings (SSSR count). The maximum Gasteiger partial charge on any atom is 0.257 e. The number of nitrogens with zero attached hydrogens (tertiary/aromatic N) is 4. The Balaban J connectivity index is 1.31. The van der Waals surface area contributed by atoms with Crippen molar-refractivity contribution in [2.24, 2.45) is 4.99 Å². The van der Waals surface area contributed by atoms with Crippen LogP contribution in [0, 0.1) is 0 Å². The summed E-state index contributed by atoms with van der Waals surface area (Å²) in [6.07, 6.45) is 7.56. The first kappa shape index (κ1) is 26.5. The van der Waals surface area contributed by atoms with Crippen LogP contribution in [0.1, 0.15) is 29.8 Å². The Bertz CT molecular complexity index is 1310. The van der Waals surface area contributed by atoms with Crippen molar-refractivity contribution in [1.29, 1.82) is 0 Å². The number of nitrogens with one attached hydrogen (secondary N) is 3. The first-order valence-corrected chi connectivity index (χ1v) is 13.0. The van der Waals surface area contributed by atoms with Gasteiger partial charge in [0.25, 0.3) is 11.7 Å². The molecular formula is C28H34N7O4+. The summed E-state index contributed by atoms with van der Waals surface area (Å²) in [5.41, 5.74) is 2.46. The van der Waals surface area contributed by atoms with Gasteiger partial charge in [0.1, 0.15) is 17.7 Å². The maximum atomic E-state index is 12.8. The van der Waals surface area contributed by atoms with Crippen molar-refractivity contribution in [2.45, 2.75) is 25.8 Å². The van der Waals surface area contributed by atoms with Crippen LogP contribution in [0.2, 0.25) is 0 Å². The zero-order chi connectivity index (χ0) is 27.4. The number of hydrogen-bond acceptors (Lipinski definition) is 8. The Hall–Kier alpha value is -4.06. The first-order chi connectivity index (χ1) is 18.8. The number of anilines is 2. The Morgan fingerprint density at radius 3 is 2.74 bits per heavy atom. The molecule has 0 aliphatic carbocycles. The fourth-order valence-corrected chi connectivity index (χ4v) is 4.61. The van der Waals surface area contributed by atoms with Crippen LogP contribution >= 0.6 is 0 Å². The second-order valence-electron chi connectivity index (χ2n) is 10.4. The van der Waals surface area contributed by atoms with Crippen LogP contribution in [0.4, 0.5) is 11.5 Å².